The van der Waals surface area contributed by atoms with Crippen LogP contribution in [0.3, 0.4) is 0 Å². The molecular weight excluding hydrogens is 428 g/mol. The molecule has 4 aromatic rings. The van der Waals surface area contributed by atoms with E-state index in [9.17, 15) is 9.59 Å². The zero-order chi connectivity index (χ0) is 23.5. The van der Waals surface area contributed by atoms with E-state index in [0.717, 1.165) is 16.5 Å². The Labute approximate surface area is 197 Å². The highest BCUT2D eigenvalue weighted by Crippen LogP contribution is 2.34. The topological polar surface area (TPSA) is 67.9 Å². The van der Waals surface area contributed by atoms with Gasteiger partial charge in [-0.25, -0.2) is 0 Å². The van der Waals surface area contributed by atoms with E-state index in [1.165, 1.54) is 0 Å². The van der Waals surface area contributed by atoms with Gasteiger partial charge in [0.25, 0.3) is 0 Å². The van der Waals surface area contributed by atoms with Crippen molar-refractivity contribution in [1.82, 2.24) is 0 Å². The van der Waals surface area contributed by atoms with E-state index in [4.69, 9.17) is 9.47 Å². The molecule has 5 rings (SSSR count). The zero-order valence-corrected chi connectivity index (χ0v) is 18.7. The van der Waals surface area contributed by atoms with Gasteiger partial charge in [0, 0.05) is 24.0 Å². The van der Waals surface area contributed by atoms with E-state index < -0.39 is 5.92 Å². The van der Waals surface area contributed by atoms with Crippen LogP contribution in [0.25, 0.3) is 10.8 Å². The van der Waals surface area contributed by atoms with Gasteiger partial charge in [0.1, 0.15) is 17.2 Å². The molecule has 1 N–H and O–H groups in total. The zero-order valence-electron chi connectivity index (χ0n) is 18.7. The number of hydrogen-bond acceptors (Lipinski definition) is 4. The van der Waals surface area contributed by atoms with Crippen LogP contribution in [-0.4, -0.2) is 25.5 Å². The second kappa shape index (κ2) is 9.27. The Balaban J connectivity index is 1.24. The molecule has 1 aliphatic heterocycles. The van der Waals surface area contributed by atoms with Crippen molar-refractivity contribution in [2.75, 3.05) is 23.9 Å². The van der Waals surface area contributed by atoms with Crippen molar-refractivity contribution in [3.8, 4) is 17.2 Å². The average molecular weight is 453 g/mol. The van der Waals surface area contributed by atoms with E-state index in [0.29, 0.717) is 29.4 Å². The molecule has 0 spiro atoms. The Hall–Kier alpha value is -4.32. The molecule has 34 heavy (non-hydrogen) atoms. The van der Waals surface area contributed by atoms with E-state index >= 15 is 0 Å². The fraction of sp³-hybridized carbons (Fsp3) is 0.143. The lowest BCUT2D eigenvalue weighted by Crippen LogP contribution is -2.28. The van der Waals surface area contributed by atoms with Crippen molar-refractivity contribution in [3.05, 3.63) is 91.0 Å². The number of para-hydroxylation sites is 2. The van der Waals surface area contributed by atoms with Crippen molar-refractivity contribution in [1.29, 1.82) is 0 Å². The maximum atomic E-state index is 12.9. The summed E-state index contributed by atoms with van der Waals surface area (Å²) in [5.41, 5.74) is 1.33. The van der Waals surface area contributed by atoms with Crippen molar-refractivity contribution in [2.45, 2.75) is 6.42 Å². The lowest BCUT2D eigenvalue weighted by Gasteiger charge is -2.19. The lowest BCUT2D eigenvalue weighted by molar-refractivity contribution is -0.122. The summed E-state index contributed by atoms with van der Waals surface area (Å²) in [5.74, 6) is 1.34. The van der Waals surface area contributed by atoms with Gasteiger partial charge < -0.3 is 19.7 Å². The summed E-state index contributed by atoms with van der Waals surface area (Å²) in [6, 6.07) is 28.5. The molecular formula is C28H24N2O4. The molecule has 1 heterocycles. The van der Waals surface area contributed by atoms with E-state index in [-0.39, 0.29) is 18.2 Å². The fourth-order valence-electron chi connectivity index (χ4n) is 4.23. The van der Waals surface area contributed by atoms with Crippen molar-refractivity contribution < 1.29 is 19.1 Å². The van der Waals surface area contributed by atoms with Gasteiger partial charge in [0.05, 0.1) is 18.7 Å². The number of carbonyl (C=O) groups excluding carboxylic acids is 2. The van der Waals surface area contributed by atoms with Gasteiger partial charge in [-0.2, -0.15) is 0 Å². The number of nitrogens with zero attached hydrogens (tertiary/aromatic N) is 1. The van der Waals surface area contributed by atoms with Crippen LogP contribution in [0.4, 0.5) is 11.4 Å². The summed E-state index contributed by atoms with van der Waals surface area (Å²) in [7, 11) is 1.57. The summed E-state index contributed by atoms with van der Waals surface area (Å²) in [6.45, 7) is 0.313. The van der Waals surface area contributed by atoms with E-state index in [2.05, 4.69) is 5.32 Å². The smallest absolute Gasteiger partial charge is 0.229 e. The van der Waals surface area contributed by atoms with Gasteiger partial charge in [-0.15, -0.1) is 0 Å². The van der Waals surface area contributed by atoms with Crippen molar-refractivity contribution >= 4 is 34.0 Å². The molecule has 170 valence electrons. The van der Waals surface area contributed by atoms with Crippen LogP contribution in [0.15, 0.2) is 91.0 Å². The number of nitrogens with one attached hydrogen (secondary N) is 1. The molecule has 2 amide bonds. The first-order valence-electron chi connectivity index (χ1n) is 11.1. The van der Waals surface area contributed by atoms with E-state index in [1.54, 1.807) is 30.2 Å². The van der Waals surface area contributed by atoms with Crippen LogP contribution in [0.1, 0.15) is 6.42 Å². The highest BCUT2D eigenvalue weighted by Gasteiger charge is 2.36. The number of benzene rings is 4. The Morgan fingerprint density at radius 1 is 0.882 bits per heavy atom. The third kappa shape index (κ3) is 4.30. The van der Waals surface area contributed by atoms with Crippen LogP contribution in [0.5, 0.6) is 17.2 Å². The Morgan fingerprint density at radius 2 is 1.59 bits per heavy atom. The molecule has 0 bridgehead atoms. The molecule has 0 saturated carbocycles. The third-order valence-electron chi connectivity index (χ3n) is 5.97. The SMILES string of the molecule is COc1ccccc1N1C[C@H](C(=O)Nc2ccc(Oc3cccc4ccccc34)cc2)CC1=O. The fourth-order valence-corrected chi connectivity index (χ4v) is 4.23. The molecule has 0 unspecified atom stereocenters. The number of fused-ring (bicyclic) bond motifs is 1. The molecule has 6 nitrogen and oxygen atoms in total. The minimum absolute atomic E-state index is 0.0940. The van der Waals surface area contributed by atoms with Gasteiger partial charge in [0.15, 0.2) is 0 Å². The molecule has 0 aromatic heterocycles. The second-order valence-corrected chi connectivity index (χ2v) is 8.17. The van der Waals surface area contributed by atoms with Crippen LogP contribution in [0, 0.1) is 5.92 Å². The summed E-state index contributed by atoms with van der Waals surface area (Å²) < 4.78 is 11.4. The molecule has 1 saturated heterocycles. The monoisotopic (exact) mass is 452 g/mol. The minimum atomic E-state index is -0.441. The van der Waals surface area contributed by atoms with Crippen molar-refractivity contribution in [2.24, 2.45) is 5.92 Å². The van der Waals surface area contributed by atoms with Gasteiger partial charge in [-0.05, 0) is 47.9 Å². The molecule has 0 radical (unpaired) electrons. The average Bonchev–Trinajstić information content (AvgIpc) is 3.27. The molecule has 6 heteroatoms. The van der Waals surface area contributed by atoms with Crippen LogP contribution in [-0.2, 0) is 9.59 Å². The number of amides is 2. The molecule has 1 atom stereocenters. The Bertz CT molecular complexity index is 1340. The molecule has 1 aliphatic rings. The number of ether oxygens (including phenoxy) is 2. The number of anilines is 2. The number of rotatable bonds is 6. The largest absolute Gasteiger partial charge is 0.495 e. The van der Waals surface area contributed by atoms with Gasteiger partial charge in [-0.1, -0.05) is 48.5 Å². The number of carbonyl (C=O) groups is 2. The standard InChI is InChI=1S/C28H24N2O4/c1-33-26-11-5-4-10-24(26)30-18-20(17-27(30)31)28(32)29-21-13-15-22(16-14-21)34-25-12-6-8-19-7-2-3-9-23(19)25/h2-16,20H,17-18H2,1H3,(H,29,32)/t20-/m1/s1. The van der Waals surface area contributed by atoms with Gasteiger partial charge in [-0.3, -0.25) is 9.59 Å². The highest BCUT2D eigenvalue weighted by molar-refractivity contribution is 6.04. The third-order valence-corrected chi connectivity index (χ3v) is 5.97. The minimum Gasteiger partial charge on any atom is -0.495 e. The first kappa shape index (κ1) is 21.5. The maximum Gasteiger partial charge on any atom is 0.229 e. The summed E-state index contributed by atoms with van der Waals surface area (Å²) in [5, 5.41) is 5.06. The Morgan fingerprint density at radius 3 is 2.41 bits per heavy atom. The molecule has 4 aromatic carbocycles. The quantitative estimate of drug-likeness (QED) is 0.412. The predicted octanol–water partition coefficient (Wildman–Crippen LogP) is 5.63. The maximum absolute atomic E-state index is 12.9. The highest BCUT2D eigenvalue weighted by atomic mass is 16.5. The van der Waals surface area contributed by atoms with Gasteiger partial charge >= 0.3 is 0 Å². The first-order valence-corrected chi connectivity index (χ1v) is 11.1. The normalized spacial score (nSPS) is 15.4. The summed E-state index contributed by atoms with van der Waals surface area (Å²) in [4.78, 5) is 27.1. The Kier molecular flexibility index (Phi) is 5.87. The molecule has 0 aliphatic carbocycles. The van der Waals surface area contributed by atoms with Crippen LogP contribution >= 0.6 is 0 Å². The summed E-state index contributed by atoms with van der Waals surface area (Å²) >= 11 is 0. The van der Waals surface area contributed by atoms with Crippen molar-refractivity contribution in [3.63, 3.8) is 0 Å². The number of methoxy groups -OCH3 is 1. The first-order chi connectivity index (χ1) is 16.6. The van der Waals surface area contributed by atoms with Crippen LogP contribution in [0.2, 0.25) is 0 Å². The van der Waals surface area contributed by atoms with Gasteiger partial charge in [0.2, 0.25) is 11.8 Å². The summed E-state index contributed by atoms with van der Waals surface area (Å²) in [6.07, 6.45) is 0.159. The molecule has 1 fully saturated rings. The van der Waals surface area contributed by atoms with Crippen LogP contribution < -0.4 is 19.7 Å². The lowest BCUT2D eigenvalue weighted by atomic mass is 10.1. The second-order valence-electron chi connectivity index (χ2n) is 8.17. The predicted molar refractivity (Wildman–Crippen MR) is 133 cm³/mol. The van der Waals surface area contributed by atoms with E-state index in [1.807, 2.05) is 72.8 Å². The number of hydrogen-bond donors (Lipinski definition) is 1.